The Kier molecular flexibility index (Phi) is 4.04. The highest BCUT2D eigenvalue weighted by atomic mass is 16.3. The third kappa shape index (κ3) is 5.92. The first-order chi connectivity index (χ1) is 3.27. The number of nitrogens with one attached hydrogen (secondary N) is 1. The van der Waals surface area contributed by atoms with E-state index in [1.54, 1.807) is 0 Å². The van der Waals surface area contributed by atoms with E-state index in [1.165, 1.54) is 0 Å². The SMILES string of the molecule is [CH2]CNCC([CH2])O. The van der Waals surface area contributed by atoms with Crippen LogP contribution >= 0.6 is 0 Å². The molecule has 0 aromatic rings. The molecule has 0 fully saturated rings. The maximum Gasteiger partial charge on any atom is 0.0665 e. The summed E-state index contributed by atoms with van der Waals surface area (Å²) in [5, 5.41) is 11.3. The van der Waals surface area contributed by atoms with Gasteiger partial charge in [0, 0.05) is 6.54 Å². The fourth-order valence-corrected chi connectivity index (χ4v) is 0.269. The predicted octanol–water partition coefficient (Wildman–Crippen LogP) is -0.395. The highest BCUT2D eigenvalue weighted by Gasteiger charge is 1.88. The van der Waals surface area contributed by atoms with Crippen LogP contribution in [0, 0.1) is 13.8 Å². The van der Waals surface area contributed by atoms with Crippen molar-refractivity contribution in [3.8, 4) is 0 Å². The van der Waals surface area contributed by atoms with Crippen molar-refractivity contribution in [2.45, 2.75) is 6.10 Å². The molecule has 0 aliphatic carbocycles. The minimum atomic E-state index is -0.498. The predicted molar refractivity (Wildman–Crippen MR) is 29.6 cm³/mol. The van der Waals surface area contributed by atoms with E-state index in [0.29, 0.717) is 13.1 Å². The second-order valence-corrected chi connectivity index (χ2v) is 1.36. The van der Waals surface area contributed by atoms with Crippen LogP contribution in [-0.2, 0) is 0 Å². The summed E-state index contributed by atoms with van der Waals surface area (Å²) in [4.78, 5) is 0. The van der Waals surface area contributed by atoms with Crippen LogP contribution in [0.5, 0.6) is 0 Å². The van der Waals surface area contributed by atoms with Crippen molar-refractivity contribution in [1.29, 1.82) is 0 Å². The summed E-state index contributed by atoms with van der Waals surface area (Å²) in [6, 6.07) is 0. The molecular formula is C5H11NO. The van der Waals surface area contributed by atoms with Crippen molar-refractivity contribution >= 4 is 0 Å². The van der Waals surface area contributed by atoms with Gasteiger partial charge in [-0.3, -0.25) is 0 Å². The zero-order valence-corrected chi connectivity index (χ0v) is 4.35. The van der Waals surface area contributed by atoms with Crippen LogP contribution in [0.4, 0.5) is 0 Å². The molecule has 2 nitrogen and oxygen atoms in total. The Morgan fingerprint density at radius 2 is 2.29 bits per heavy atom. The Morgan fingerprint density at radius 1 is 1.71 bits per heavy atom. The molecule has 0 rings (SSSR count). The van der Waals surface area contributed by atoms with E-state index in [9.17, 15) is 0 Å². The Bertz CT molecular complexity index is 37.1. The molecule has 0 saturated heterocycles. The van der Waals surface area contributed by atoms with E-state index < -0.39 is 6.10 Å². The maximum absolute atomic E-state index is 8.48. The third-order valence-electron chi connectivity index (χ3n) is 0.557. The lowest BCUT2D eigenvalue weighted by Crippen LogP contribution is -2.23. The second-order valence-electron chi connectivity index (χ2n) is 1.36. The van der Waals surface area contributed by atoms with E-state index in [2.05, 4.69) is 19.2 Å². The first-order valence-corrected chi connectivity index (χ1v) is 2.28. The fourth-order valence-electron chi connectivity index (χ4n) is 0.269. The summed E-state index contributed by atoms with van der Waals surface area (Å²) < 4.78 is 0. The van der Waals surface area contributed by atoms with Crippen molar-refractivity contribution in [3.63, 3.8) is 0 Å². The van der Waals surface area contributed by atoms with Crippen molar-refractivity contribution in [2.75, 3.05) is 13.1 Å². The van der Waals surface area contributed by atoms with Crippen molar-refractivity contribution in [2.24, 2.45) is 0 Å². The minimum absolute atomic E-state index is 0.498. The van der Waals surface area contributed by atoms with Crippen molar-refractivity contribution < 1.29 is 5.11 Å². The monoisotopic (exact) mass is 101 g/mol. The first-order valence-electron chi connectivity index (χ1n) is 2.28. The van der Waals surface area contributed by atoms with E-state index in [0.717, 1.165) is 0 Å². The van der Waals surface area contributed by atoms with Crippen LogP contribution in [0.1, 0.15) is 0 Å². The van der Waals surface area contributed by atoms with Gasteiger partial charge in [-0.25, -0.2) is 0 Å². The van der Waals surface area contributed by atoms with Crippen LogP contribution in [0.25, 0.3) is 0 Å². The van der Waals surface area contributed by atoms with Gasteiger partial charge in [-0.1, -0.05) is 0 Å². The van der Waals surface area contributed by atoms with Crippen molar-refractivity contribution in [3.05, 3.63) is 13.8 Å². The lowest BCUT2D eigenvalue weighted by Gasteiger charge is -2.01. The fraction of sp³-hybridized carbons (Fsp3) is 0.600. The zero-order chi connectivity index (χ0) is 5.70. The summed E-state index contributed by atoms with van der Waals surface area (Å²) in [6.45, 7) is 8.03. The molecule has 7 heavy (non-hydrogen) atoms. The number of rotatable bonds is 3. The van der Waals surface area contributed by atoms with Gasteiger partial charge in [0.15, 0.2) is 0 Å². The molecule has 2 radical (unpaired) electrons. The molecule has 0 aromatic heterocycles. The van der Waals surface area contributed by atoms with Crippen LogP contribution in [0.15, 0.2) is 0 Å². The zero-order valence-electron chi connectivity index (χ0n) is 4.35. The van der Waals surface area contributed by atoms with E-state index in [-0.39, 0.29) is 0 Å². The molecule has 0 aliphatic heterocycles. The molecule has 0 aromatic carbocycles. The quantitative estimate of drug-likeness (QED) is 0.507. The van der Waals surface area contributed by atoms with Crippen LogP contribution in [0.3, 0.4) is 0 Å². The van der Waals surface area contributed by atoms with Gasteiger partial charge in [0.25, 0.3) is 0 Å². The summed E-state index contributed by atoms with van der Waals surface area (Å²) >= 11 is 0. The molecule has 1 unspecified atom stereocenters. The van der Waals surface area contributed by atoms with Gasteiger partial charge < -0.3 is 10.4 Å². The number of aliphatic hydroxyl groups excluding tert-OH is 1. The summed E-state index contributed by atoms with van der Waals surface area (Å²) in [7, 11) is 0. The van der Waals surface area contributed by atoms with Crippen LogP contribution in [0.2, 0.25) is 0 Å². The molecule has 0 heterocycles. The Morgan fingerprint density at radius 3 is 2.43 bits per heavy atom. The third-order valence-corrected chi connectivity index (χ3v) is 0.557. The summed E-state index contributed by atoms with van der Waals surface area (Å²) in [5.41, 5.74) is 0. The molecule has 0 amide bonds. The van der Waals surface area contributed by atoms with E-state index >= 15 is 0 Å². The molecule has 0 saturated carbocycles. The minimum Gasteiger partial charge on any atom is -0.392 e. The molecule has 42 valence electrons. The van der Waals surface area contributed by atoms with Crippen LogP contribution in [-0.4, -0.2) is 24.3 Å². The average molecular weight is 101 g/mol. The largest absolute Gasteiger partial charge is 0.392 e. The summed E-state index contributed by atoms with van der Waals surface area (Å²) in [5.74, 6) is 0. The highest BCUT2D eigenvalue weighted by molar-refractivity contribution is 4.59. The second kappa shape index (κ2) is 4.09. The Hall–Kier alpha value is -0.0800. The van der Waals surface area contributed by atoms with Gasteiger partial charge in [-0.05, 0) is 20.4 Å². The number of hydrogen-bond acceptors (Lipinski definition) is 2. The smallest absolute Gasteiger partial charge is 0.0665 e. The Balaban J connectivity index is 2.68. The molecule has 1 atom stereocenters. The molecular weight excluding hydrogens is 90.1 g/mol. The normalized spacial score (nSPS) is 14.1. The van der Waals surface area contributed by atoms with Crippen LogP contribution < -0.4 is 5.32 Å². The summed E-state index contributed by atoms with van der Waals surface area (Å²) in [6.07, 6.45) is -0.498. The Labute approximate surface area is 44.5 Å². The number of aliphatic hydroxyl groups is 1. The van der Waals surface area contributed by atoms with E-state index in [4.69, 9.17) is 5.11 Å². The van der Waals surface area contributed by atoms with Gasteiger partial charge in [0.2, 0.25) is 0 Å². The van der Waals surface area contributed by atoms with Gasteiger partial charge in [-0.2, -0.15) is 0 Å². The molecule has 2 N–H and O–H groups in total. The van der Waals surface area contributed by atoms with E-state index in [1.807, 2.05) is 0 Å². The lowest BCUT2D eigenvalue weighted by atomic mass is 10.4. The van der Waals surface area contributed by atoms with Crippen molar-refractivity contribution in [1.82, 2.24) is 5.32 Å². The van der Waals surface area contributed by atoms with Gasteiger partial charge in [-0.15, -0.1) is 0 Å². The first kappa shape index (κ1) is 6.92. The maximum atomic E-state index is 8.48. The number of hydrogen-bond donors (Lipinski definition) is 2. The molecule has 0 spiro atoms. The molecule has 0 bridgehead atoms. The highest BCUT2D eigenvalue weighted by Crippen LogP contribution is 1.70. The van der Waals surface area contributed by atoms with Gasteiger partial charge in [0.1, 0.15) is 0 Å². The topological polar surface area (TPSA) is 32.3 Å². The van der Waals surface area contributed by atoms with Gasteiger partial charge >= 0.3 is 0 Å². The van der Waals surface area contributed by atoms with Gasteiger partial charge in [0.05, 0.1) is 6.10 Å². The average Bonchev–Trinajstić information content (AvgIpc) is 1.61. The molecule has 0 aliphatic rings. The standard InChI is InChI=1S/C5H11NO/c1-3-6-4-5(2)7/h5-7H,1-4H2. The lowest BCUT2D eigenvalue weighted by molar-refractivity contribution is 0.218. The molecule has 2 heteroatoms.